The van der Waals surface area contributed by atoms with Crippen molar-refractivity contribution in [1.29, 1.82) is 0 Å². The lowest BCUT2D eigenvalue weighted by molar-refractivity contribution is -0.149. The fourth-order valence-electron chi connectivity index (χ4n) is 3.60. The van der Waals surface area contributed by atoms with E-state index in [-0.39, 0.29) is 24.0 Å². The molecule has 1 saturated heterocycles. The monoisotopic (exact) mass is 347 g/mol. The smallest absolute Gasteiger partial charge is 0.311 e. The molecule has 8 heteroatoms. The number of nitrogens with zero attached hydrogens (tertiary/aromatic N) is 1. The van der Waals surface area contributed by atoms with Crippen LogP contribution in [-0.4, -0.2) is 36.9 Å². The third-order valence-corrected chi connectivity index (χ3v) is 6.86. The van der Waals surface area contributed by atoms with Crippen LogP contribution < -0.4 is 0 Å². The Hall–Kier alpha value is -1.18. The first-order valence-corrected chi connectivity index (χ1v) is 8.78. The number of carboxylic acids is 1. The lowest BCUT2D eigenvalue weighted by atomic mass is 9.81. The van der Waals surface area contributed by atoms with Crippen LogP contribution in [0.2, 0.25) is 5.02 Å². The molecule has 1 aromatic rings. The predicted molar refractivity (Wildman–Crippen MR) is 77.6 cm³/mol. The Bertz CT molecular complexity index is 738. The van der Waals surface area contributed by atoms with Gasteiger partial charge in [-0.3, -0.25) is 4.79 Å². The lowest BCUT2D eigenvalue weighted by Crippen LogP contribution is -2.37. The molecule has 1 N–H and O–H groups in total. The minimum Gasteiger partial charge on any atom is -0.481 e. The number of halogens is 2. The number of hydrogen-bond donors (Lipinski definition) is 1. The first-order chi connectivity index (χ1) is 10.3. The summed E-state index contributed by atoms with van der Waals surface area (Å²) < 4.78 is 40.3. The third kappa shape index (κ3) is 2.23. The molecular formula is C14H15ClFNO4S. The van der Waals surface area contributed by atoms with Crippen LogP contribution in [0, 0.1) is 17.2 Å². The van der Waals surface area contributed by atoms with Gasteiger partial charge >= 0.3 is 5.97 Å². The molecule has 1 saturated carbocycles. The van der Waals surface area contributed by atoms with Gasteiger partial charge in [-0.1, -0.05) is 18.0 Å². The molecule has 0 unspecified atom stereocenters. The Balaban J connectivity index is 1.96. The molecule has 2 atom stereocenters. The maximum atomic E-state index is 13.9. The molecule has 3 rings (SSSR count). The zero-order chi connectivity index (χ0) is 16.1. The van der Waals surface area contributed by atoms with Gasteiger partial charge in [0.1, 0.15) is 10.7 Å². The van der Waals surface area contributed by atoms with Crippen molar-refractivity contribution in [2.45, 2.75) is 24.2 Å². The Labute approximate surface area is 132 Å². The molecule has 1 heterocycles. The molecule has 1 aliphatic heterocycles. The second-order valence-electron chi connectivity index (χ2n) is 5.92. The summed E-state index contributed by atoms with van der Waals surface area (Å²) in [5, 5.41) is 9.61. The van der Waals surface area contributed by atoms with Crippen molar-refractivity contribution in [2.75, 3.05) is 13.1 Å². The fourth-order valence-corrected chi connectivity index (χ4v) is 5.36. The van der Waals surface area contributed by atoms with E-state index in [2.05, 4.69) is 0 Å². The molecule has 5 nitrogen and oxygen atoms in total. The molecule has 0 radical (unpaired) electrons. The first kappa shape index (κ1) is 15.7. The highest BCUT2D eigenvalue weighted by Crippen LogP contribution is 2.50. The summed E-state index contributed by atoms with van der Waals surface area (Å²) in [6.07, 6.45) is 1.92. The Morgan fingerprint density at radius 1 is 1.45 bits per heavy atom. The largest absolute Gasteiger partial charge is 0.481 e. The van der Waals surface area contributed by atoms with Gasteiger partial charge in [0.05, 0.1) is 5.41 Å². The van der Waals surface area contributed by atoms with Gasteiger partial charge in [0.15, 0.2) is 0 Å². The van der Waals surface area contributed by atoms with E-state index in [0.29, 0.717) is 12.8 Å². The van der Waals surface area contributed by atoms with Crippen LogP contribution in [0.1, 0.15) is 19.3 Å². The quantitative estimate of drug-likeness (QED) is 0.910. The Morgan fingerprint density at radius 2 is 2.18 bits per heavy atom. The van der Waals surface area contributed by atoms with Crippen LogP contribution >= 0.6 is 11.6 Å². The van der Waals surface area contributed by atoms with E-state index in [1.165, 1.54) is 6.07 Å². The number of carbonyl (C=O) groups is 1. The molecule has 22 heavy (non-hydrogen) atoms. The van der Waals surface area contributed by atoms with Crippen molar-refractivity contribution in [3.05, 3.63) is 29.0 Å². The van der Waals surface area contributed by atoms with Gasteiger partial charge in [0, 0.05) is 18.1 Å². The molecule has 0 spiro atoms. The molecule has 1 aliphatic carbocycles. The summed E-state index contributed by atoms with van der Waals surface area (Å²) in [5.41, 5.74) is -1.03. The highest BCUT2D eigenvalue weighted by molar-refractivity contribution is 7.89. The van der Waals surface area contributed by atoms with Gasteiger partial charge in [0.25, 0.3) is 0 Å². The summed E-state index contributed by atoms with van der Waals surface area (Å²) in [4.78, 5) is 11.2. The number of carboxylic acid groups (broad SMARTS) is 1. The molecule has 0 aromatic heterocycles. The number of rotatable bonds is 3. The molecule has 120 valence electrons. The van der Waals surface area contributed by atoms with Crippen LogP contribution in [0.5, 0.6) is 0 Å². The average molecular weight is 348 g/mol. The normalized spacial score (nSPS) is 28.7. The van der Waals surface area contributed by atoms with Crippen LogP contribution in [0.4, 0.5) is 4.39 Å². The summed E-state index contributed by atoms with van der Waals surface area (Å²) in [7, 11) is -4.06. The van der Waals surface area contributed by atoms with E-state index in [1.54, 1.807) is 0 Å². The second kappa shape index (κ2) is 5.18. The van der Waals surface area contributed by atoms with Crippen LogP contribution in [0.3, 0.4) is 0 Å². The van der Waals surface area contributed by atoms with Crippen molar-refractivity contribution < 1.29 is 22.7 Å². The maximum absolute atomic E-state index is 13.9. The van der Waals surface area contributed by atoms with Gasteiger partial charge in [-0.05, 0) is 37.0 Å². The van der Waals surface area contributed by atoms with Crippen LogP contribution in [-0.2, 0) is 14.8 Å². The number of aliphatic carboxylic acids is 1. The minimum atomic E-state index is -4.06. The SMILES string of the molecule is O=C(O)[C@@]12CCC[C@H]1CN(S(=O)(=O)c1ccc(Cl)cc1F)C2. The van der Waals surface area contributed by atoms with Crippen LogP contribution in [0.25, 0.3) is 0 Å². The van der Waals surface area contributed by atoms with Crippen molar-refractivity contribution in [3.63, 3.8) is 0 Å². The van der Waals surface area contributed by atoms with Crippen molar-refractivity contribution in [3.8, 4) is 0 Å². The van der Waals surface area contributed by atoms with Gasteiger partial charge in [-0.2, -0.15) is 4.31 Å². The second-order valence-corrected chi connectivity index (χ2v) is 8.27. The Morgan fingerprint density at radius 3 is 2.77 bits per heavy atom. The molecular weight excluding hydrogens is 333 g/mol. The van der Waals surface area contributed by atoms with Gasteiger partial charge in [0.2, 0.25) is 10.0 Å². The summed E-state index contributed by atoms with van der Waals surface area (Å²) in [6.45, 7) is 0.0219. The third-order valence-electron chi connectivity index (χ3n) is 4.78. The highest BCUT2D eigenvalue weighted by atomic mass is 35.5. The molecule has 2 fully saturated rings. The molecule has 0 bridgehead atoms. The van der Waals surface area contributed by atoms with E-state index in [1.807, 2.05) is 0 Å². The zero-order valence-corrected chi connectivity index (χ0v) is 13.2. The summed E-state index contributed by atoms with van der Waals surface area (Å²) >= 11 is 5.64. The molecule has 2 aliphatic rings. The number of sulfonamides is 1. The standard InChI is InChI=1S/C14H15ClFNO4S/c15-10-3-4-12(11(16)6-10)22(20,21)17-7-9-2-1-5-14(9,8-17)13(18)19/h3-4,6,9H,1-2,5,7-8H2,(H,18,19)/t9-,14+/m0/s1. The number of fused-ring (bicyclic) bond motifs is 1. The van der Waals surface area contributed by atoms with E-state index in [9.17, 15) is 22.7 Å². The number of hydrogen-bond acceptors (Lipinski definition) is 3. The van der Waals surface area contributed by atoms with E-state index >= 15 is 0 Å². The maximum Gasteiger partial charge on any atom is 0.311 e. The van der Waals surface area contributed by atoms with Gasteiger partial charge in [-0.15, -0.1) is 0 Å². The van der Waals surface area contributed by atoms with E-state index in [4.69, 9.17) is 11.6 Å². The molecule has 1 aromatic carbocycles. The summed E-state index contributed by atoms with van der Waals surface area (Å²) in [5.74, 6) is -2.10. The minimum absolute atomic E-state index is 0.0998. The van der Waals surface area contributed by atoms with Crippen LogP contribution in [0.15, 0.2) is 23.1 Å². The topological polar surface area (TPSA) is 74.7 Å². The van der Waals surface area contributed by atoms with E-state index in [0.717, 1.165) is 22.9 Å². The first-order valence-electron chi connectivity index (χ1n) is 6.96. The van der Waals surface area contributed by atoms with Crippen molar-refractivity contribution in [2.24, 2.45) is 11.3 Å². The fraction of sp³-hybridized carbons (Fsp3) is 0.500. The van der Waals surface area contributed by atoms with Gasteiger partial charge in [-0.25, -0.2) is 12.8 Å². The number of benzene rings is 1. The van der Waals surface area contributed by atoms with Crippen molar-refractivity contribution in [1.82, 2.24) is 4.31 Å². The highest BCUT2D eigenvalue weighted by Gasteiger charge is 2.57. The lowest BCUT2D eigenvalue weighted by Gasteiger charge is -2.23. The van der Waals surface area contributed by atoms with Crippen molar-refractivity contribution >= 4 is 27.6 Å². The molecule has 0 amide bonds. The summed E-state index contributed by atoms with van der Waals surface area (Å²) in [6, 6.07) is 3.37. The average Bonchev–Trinajstić information content (AvgIpc) is 2.95. The van der Waals surface area contributed by atoms with E-state index < -0.39 is 32.1 Å². The zero-order valence-electron chi connectivity index (χ0n) is 11.6. The predicted octanol–water partition coefficient (Wildman–Crippen LogP) is 2.35. The van der Waals surface area contributed by atoms with Gasteiger partial charge < -0.3 is 5.11 Å². The Kier molecular flexibility index (Phi) is 3.70.